The van der Waals surface area contributed by atoms with Gasteiger partial charge in [-0.05, 0) is 38.5 Å². The molecule has 0 spiro atoms. The first-order valence-corrected chi connectivity index (χ1v) is 6.77. The average Bonchev–Trinajstić information content (AvgIpc) is 2.64. The van der Waals surface area contributed by atoms with Crippen LogP contribution < -0.4 is 10.6 Å². The van der Waals surface area contributed by atoms with Crippen LogP contribution in [0.25, 0.3) is 0 Å². The molecule has 17 heavy (non-hydrogen) atoms. The maximum Gasteiger partial charge on any atom is 0.220 e. The zero-order chi connectivity index (χ0) is 12.1. The van der Waals surface area contributed by atoms with E-state index in [4.69, 9.17) is 6.42 Å². The number of amides is 1. The fourth-order valence-corrected chi connectivity index (χ4v) is 2.99. The Bertz CT molecular complexity index is 296. The second kappa shape index (κ2) is 6.07. The van der Waals surface area contributed by atoms with E-state index in [1.165, 1.54) is 12.8 Å². The Morgan fingerprint density at radius 3 is 2.65 bits per heavy atom. The van der Waals surface area contributed by atoms with Crippen molar-refractivity contribution < 1.29 is 4.79 Å². The summed E-state index contributed by atoms with van der Waals surface area (Å²) in [4.78, 5) is 11.7. The van der Waals surface area contributed by atoms with Gasteiger partial charge in [-0.3, -0.25) is 4.79 Å². The molecule has 94 valence electrons. The Morgan fingerprint density at radius 2 is 2.00 bits per heavy atom. The number of carbonyl (C=O) groups is 1. The standard InChI is InChI=1S/C14H22N2O/c1-2-3-4-5-6-14(17)16-13-9-11-7-8-12(10-13)15-11/h1,11-13,15H,3-10H2,(H,16,17). The van der Waals surface area contributed by atoms with Gasteiger partial charge in [0.25, 0.3) is 0 Å². The van der Waals surface area contributed by atoms with Gasteiger partial charge in [-0.1, -0.05) is 0 Å². The van der Waals surface area contributed by atoms with Crippen molar-refractivity contribution in [2.45, 2.75) is 69.5 Å². The van der Waals surface area contributed by atoms with Crippen molar-refractivity contribution in [3.63, 3.8) is 0 Å². The van der Waals surface area contributed by atoms with E-state index < -0.39 is 0 Å². The first kappa shape index (κ1) is 12.4. The summed E-state index contributed by atoms with van der Waals surface area (Å²) in [7, 11) is 0. The number of hydrogen-bond acceptors (Lipinski definition) is 2. The maximum atomic E-state index is 11.7. The second-order valence-electron chi connectivity index (χ2n) is 5.28. The number of carbonyl (C=O) groups excluding carboxylic acids is 1. The Hall–Kier alpha value is -1.01. The molecule has 2 aliphatic heterocycles. The van der Waals surface area contributed by atoms with Crippen molar-refractivity contribution in [3.8, 4) is 12.3 Å². The van der Waals surface area contributed by atoms with Gasteiger partial charge in [-0.2, -0.15) is 0 Å². The summed E-state index contributed by atoms with van der Waals surface area (Å²) in [6, 6.07) is 1.68. The third-order valence-corrected chi connectivity index (χ3v) is 3.81. The topological polar surface area (TPSA) is 41.1 Å². The molecule has 2 unspecified atom stereocenters. The summed E-state index contributed by atoms with van der Waals surface area (Å²) in [6.07, 6.45) is 13.2. The minimum atomic E-state index is 0.202. The van der Waals surface area contributed by atoms with Crippen molar-refractivity contribution in [2.75, 3.05) is 0 Å². The summed E-state index contributed by atoms with van der Waals surface area (Å²) in [5.74, 6) is 2.80. The quantitative estimate of drug-likeness (QED) is 0.560. The van der Waals surface area contributed by atoms with Crippen LogP contribution in [0.5, 0.6) is 0 Å². The minimum Gasteiger partial charge on any atom is -0.353 e. The Morgan fingerprint density at radius 1 is 1.29 bits per heavy atom. The Balaban J connectivity index is 1.63. The molecule has 2 N–H and O–H groups in total. The highest BCUT2D eigenvalue weighted by molar-refractivity contribution is 5.76. The predicted octanol–water partition coefficient (Wildman–Crippen LogP) is 1.58. The molecule has 0 saturated carbocycles. The van der Waals surface area contributed by atoms with Crippen molar-refractivity contribution in [2.24, 2.45) is 0 Å². The van der Waals surface area contributed by atoms with Gasteiger partial charge in [0.15, 0.2) is 0 Å². The highest BCUT2D eigenvalue weighted by Crippen LogP contribution is 2.26. The van der Waals surface area contributed by atoms with Gasteiger partial charge >= 0.3 is 0 Å². The average molecular weight is 234 g/mol. The van der Waals surface area contributed by atoms with Gasteiger partial charge < -0.3 is 10.6 Å². The number of piperidine rings is 1. The molecule has 2 aliphatic rings. The van der Waals surface area contributed by atoms with Gasteiger partial charge in [-0.15, -0.1) is 12.3 Å². The van der Waals surface area contributed by atoms with Gasteiger partial charge in [0, 0.05) is 31.0 Å². The monoisotopic (exact) mass is 234 g/mol. The molecule has 2 fully saturated rings. The minimum absolute atomic E-state index is 0.202. The Labute approximate surface area is 104 Å². The number of terminal acetylenes is 1. The summed E-state index contributed by atoms with van der Waals surface area (Å²) in [5.41, 5.74) is 0. The first-order valence-electron chi connectivity index (χ1n) is 6.77. The molecule has 2 rings (SSSR count). The lowest BCUT2D eigenvalue weighted by atomic mass is 9.99. The fraction of sp³-hybridized carbons (Fsp3) is 0.786. The van der Waals surface area contributed by atoms with E-state index in [-0.39, 0.29) is 5.91 Å². The second-order valence-corrected chi connectivity index (χ2v) is 5.28. The van der Waals surface area contributed by atoms with E-state index in [9.17, 15) is 4.79 Å². The normalized spacial score (nSPS) is 30.9. The molecule has 1 amide bonds. The molecular formula is C14H22N2O. The van der Waals surface area contributed by atoms with E-state index >= 15 is 0 Å². The molecular weight excluding hydrogens is 212 g/mol. The molecule has 3 heteroatoms. The van der Waals surface area contributed by atoms with Gasteiger partial charge in [0.05, 0.1) is 0 Å². The van der Waals surface area contributed by atoms with E-state index in [0.29, 0.717) is 24.5 Å². The third kappa shape index (κ3) is 3.74. The Kier molecular flexibility index (Phi) is 4.44. The van der Waals surface area contributed by atoms with Crippen molar-refractivity contribution >= 4 is 5.91 Å². The maximum absolute atomic E-state index is 11.7. The smallest absolute Gasteiger partial charge is 0.220 e. The molecule has 2 heterocycles. The number of nitrogens with one attached hydrogen (secondary N) is 2. The molecule has 0 aromatic heterocycles. The number of fused-ring (bicyclic) bond motifs is 2. The largest absolute Gasteiger partial charge is 0.353 e. The molecule has 0 radical (unpaired) electrons. The van der Waals surface area contributed by atoms with Crippen LogP contribution in [-0.2, 0) is 4.79 Å². The summed E-state index contributed by atoms with van der Waals surface area (Å²) < 4.78 is 0. The van der Waals surface area contributed by atoms with E-state index in [2.05, 4.69) is 16.6 Å². The van der Waals surface area contributed by atoms with Crippen molar-refractivity contribution in [1.82, 2.24) is 10.6 Å². The molecule has 0 aliphatic carbocycles. The van der Waals surface area contributed by atoms with Crippen molar-refractivity contribution in [3.05, 3.63) is 0 Å². The molecule has 2 atom stereocenters. The van der Waals surface area contributed by atoms with E-state index in [0.717, 1.165) is 32.1 Å². The van der Waals surface area contributed by atoms with Crippen LogP contribution in [0, 0.1) is 12.3 Å². The van der Waals surface area contributed by atoms with Crippen LogP contribution in [0.15, 0.2) is 0 Å². The van der Waals surface area contributed by atoms with Crippen LogP contribution in [-0.4, -0.2) is 24.0 Å². The van der Waals surface area contributed by atoms with Crippen LogP contribution in [0.2, 0.25) is 0 Å². The number of unbranched alkanes of at least 4 members (excludes halogenated alkanes) is 2. The van der Waals surface area contributed by atoms with E-state index in [1.54, 1.807) is 0 Å². The molecule has 0 aromatic rings. The highest BCUT2D eigenvalue weighted by atomic mass is 16.1. The van der Waals surface area contributed by atoms with Crippen molar-refractivity contribution in [1.29, 1.82) is 0 Å². The lowest BCUT2D eigenvalue weighted by Gasteiger charge is -2.29. The zero-order valence-electron chi connectivity index (χ0n) is 10.4. The SMILES string of the molecule is C#CCCCCC(=O)NC1CC2CCC(C1)N2. The summed E-state index contributed by atoms with van der Waals surface area (Å²) in [6.45, 7) is 0. The lowest BCUT2D eigenvalue weighted by molar-refractivity contribution is -0.122. The summed E-state index contributed by atoms with van der Waals surface area (Å²) >= 11 is 0. The summed E-state index contributed by atoms with van der Waals surface area (Å²) in [5, 5.41) is 6.75. The van der Waals surface area contributed by atoms with Gasteiger partial charge in [0.2, 0.25) is 5.91 Å². The van der Waals surface area contributed by atoms with Crippen LogP contribution in [0.1, 0.15) is 51.4 Å². The van der Waals surface area contributed by atoms with Crippen LogP contribution in [0.4, 0.5) is 0 Å². The number of rotatable bonds is 5. The predicted molar refractivity (Wildman–Crippen MR) is 68.4 cm³/mol. The van der Waals surface area contributed by atoms with Gasteiger partial charge in [0.1, 0.15) is 0 Å². The van der Waals surface area contributed by atoms with Crippen LogP contribution in [0.3, 0.4) is 0 Å². The zero-order valence-corrected chi connectivity index (χ0v) is 10.4. The molecule has 2 bridgehead atoms. The van der Waals surface area contributed by atoms with Gasteiger partial charge in [-0.25, -0.2) is 0 Å². The molecule has 2 saturated heterocycles. The van der Waals surface area contributed by atoms with Crippen LogP contribution >= 0.6 is 0 Å². The first-order chi connectivity index (χ1) is 8.28. The highest BCUT2D eigenvalue weighted by Gasteiger charge is 2.33. The third-order valence-electron chi connectivity index (χ3n) is 3.81. The molecule has 0 aromatic carbocycles. The van der Waals surface area contributed by atoms with E-state index in [1.807, 2.05) is 0 Å². The lowest BCUT2D eigenvalue weighted by Crippen LogP contribution is -2.47. The number of hydrogen-bond donors (Lipinski definition) is 2. The fourth-order valence-electron chi connectivity index (χ4n) is 2.99. The molecule has 3 nitrogen and oxygen atoms in total.